The second-order valence-electron chi connectivity index (χ2n) is 3.17. The summed E-state index contributed by atoms with van der Waals surface area (Å²) in [6, 6.07) is 0. The van der Waals surface area contributed by atoms with Gasteiger partial charge in [0.05, 0.1) is 0 Å². The Bertz CT molecular complexity index is 181. The molecular weight excluding hydrogens is 130 g/mol. The molecule has 5 N–H and O–H groups in total. The maximum absolute atomic E-state index is 10.8. The van der Waals surface area contributed by atoms with Gasteiger partial charge in [0.2, 0.25) is 5.91 Å². The Morgan fingerprint density at radius 1 is 1.50 bits per heavy atom. The van der Waals surface area contributed by atoms with Crippen molar-refractivity contribution in [1.82, 2.24) is 5.32 Å². The minimum absolute atomic E-state index is 0.310. The Morgan fingerprint density at radius 3 is 2.30 bits per heavy atom. The van der Waals surface area contributed by atoms with E-state index >= 15 is 0 Å². The first-order valence-corrected chi connectivity index (χ1v) is 3.47. The van der Waals surface area contributed by atoms with E-state index in [1.165, 1.54) is 0 Å². The van der Waals surface area contributed by atoms with E-state index in [-0.39, 0.29) is 5.91 Å². The van der Waals surface area contributed by atoms with Crippen LogP contribution < -0.4 is 16.8 Å². The number of nitrogens with two attached hydrogens (primary N) is 2. The molecular formula is C6H11N3O. The van der Waals surface area contributed by atoms with Gasteiger partial charge in [-0.3, -0.25) is 4.79 Å². The monoisotopic (exact) mass is 141 g/mol. The number of rotatable bonds is 1. The van der Waals surface area contributed by atoms with E-state index in [1.54, 1.807) is 0 Å². The molecule has 0 radical (unpaired) electrons. The molecule has 1 aliphatic heterocycles. The highest BCUT2D eigenvalue weighted by atomic mass is 16.1. The zero-order chi connectivity index (χ0) is 7.35. The van der Waals surface area contributed by atoms with Crippen LogP contribution >= 0.6 is 0 Å². The van der Waals surface area contributed by atoms with Crippen LogP contribution in [0.25, 0.3) is 0 Å². The van der Waals surface area contributed by atoms with E-state index in [4.69, 9.17) is 11.5 Å². The molecule has 0 aromatic carbocycles. The number of piperidine rings is 1. The molecule has 0 aromatic rings. The number of hydrogen-bond acceptors (Lipinski definition) is 3. The molecule has 2 fully saturated rings. The average molecular weight is 141 g/mol. The number of fused-ring (bicyclic) bond motifs is 1. The molecule has 0 bridgehead atoms. The number of primary amides is 1. The van der Waals surface area contributed by atoms with E-state index < -0.39 is 5.54 Å². The number of nitrogens with one attached hydrogen (secondary N) is 1. The van der Waals surface area contributed by atoms with E-state index in [1.807, 2.05) is 0 Å². The summed E-state index contributed by atoms with van der Waals surface area (Å²) >= 11 is 0. The van der Waals surface area contributed by atoms with Crippen LogP contribution in [0.2, 0.25) is 0 Å². The largest absolute Gasteiger partial charge is 0.368 e. The van der Waals surface area contributed by atoms with Crippen molar-refractivity contribution in [3.8, 4) is 0 Å². The number of carbonyl (C=O) groups is 1. The van der Waals surface area contributed by atoms with Gasteiger partial charge in [0, 0.05) is 24.9 Å². The molecule has 2 aliphatic rings. The summed E-state index contributed by atoms with van der Waals surface area (Å²) in [5, 5.41) is 3.14. The first-order chi connectivity index (χ1) is 4.67. The maximum Gasteiger partial charge on any atom is 0.238 e. The van der Waals surface area contributed by atoms with Crippen molar-refractivity contribution in [2.24, 2.45) is 23.3 Å². The molecule has 1 amide bonds. The van der Waals surface area contributed by atoms with Gasteiger partial charge in [-0.2, -0.15) is 0 Å². The Hall–Kier alpha value is -0.610. The SMILES string of the molecule is NC(=O)C1(N)[C@@H]2CNC[C@@H]21. The van der Waals surface area contributed by atoms with Crippen molar-refractivity contribution in [3.63, 3.8) is 0 Å². The first-order valence-electron chi connectivity index (χ1n) is 3.47. The van der Waals surface area contributed by atoms with Crippen LogP contribution in [-0.2, 0) is 4.79 Å². The summed E-state index contributed by atoms with van der Waals surface area (Å²) < 4.78 is 0. The van der Waals surface area contributed by atoms with Gasteiger partial charge >= 0.3 is 0 Å². The van der Waals surface area contributed by atoms with E-state index in [9.17, 15) is 4.79 Å². The third-order valence-electron chi connectivity index (χ3n) is 2.76. The van der Waals surface area contributed by atoms with Crippen molar-refractivity contribution in [2.75, 3.05) is 13.1 Å². The normalized spacial score (nSPS) is 50.5. The number of hydrogen-bond donors (Lipinski definition) is 3. The molecule has 1 saturated heterocycles. The summed E-state index contributed by atoms with van der Waals surface area (Å²) in [5.41, 5.74) is 10.2. The van der Waals surface area contributed by atoms with E-state index in [2.05, 4.69) is 5.32 Å². The fourth-order valence-corrected chi connectivity index (χ4v) is 1.95. The molecule has 10 heavy (non-hydrogen) atoms. The molecule has 56 valence electrons. The summed E-state index contributed by atoms with van der Waals surface area (Å²) in [5.74, 6) is 0.277. The van der Waals surface area contributed by atoms with Gasteiger partial charge in [-0.1, -0.05) is 0 Å². The van der Waals surface area contributed by atoms with Gasteiger partial charge in [-0.05, 0) is 0 Å². The van der Waals surface area contributed by atoms with Crippen LogP contribution in [0.5, 0.6) is 0 Å². The fourth-order valence-electron chi connectivity index (χ4n) is 1.95. The Labute approximate surface area is 58.9 Å². The second-order valence-corrected chi connectivity index (χ2v) is 3.17. The predicted molar refractivity (Wildman–Crippen MR) is 36.0 cm³/mol. The zero-order valence-electron chi connectivity index (χ0n) is 5.63. The molecule has 0 aromatic heterocycles. The first kappa shape index (κ1) is 6.12. The summed E-state index contributed by atoms with van der Waals surface area (Å²) in [4.78, 5) is 10.8. The lowest BCUT2D eigenvalue weighted by Crippen LogP contribution is -2.46. The fraction of sp³-hybridized carbons (Fsp3) is 0.833. The van der Waals surface area contributed by atoms with Crippen LogP contribution in [0.3, 0.4) is 0 Å². The molecule has 1 unspecified atom stereocenters. The zero-order valence-corrected chi connectivity index (χ0v) is 5.63. The van der Waals surface area contributed by atoms with Crippen LogP contribution in [0.1, 0.15) is 0 Å². The van der Waals surface area contributed by atoms with Gasteiger partial charge in [0.1, 0.15) is 5.54 Å². The van der Waals surface area contributed by atoms with Gasteiger partial charge in [-0.25, -0.2) is 0 Å². The minimum atomic E-state index is -0.661. The Balaban J connectivity index is 2.17. The molecule has 4 heteroatoms. The summed E-state index contributed by atoms with van der Waals surface area (Å²) in [6.07, 6.45) is 0. The van der Waals surface area contributed by atoms with Gasteiger partial charge in [0.25, 0.3) is 0 Å². The van der Waals surface area contributed by atoms with Crippen LogP contribution in [-0.4, -0.2) is 24.5 Å². The molecule has 1 saturated carbocycles. The number of amides is 1. The topological polar surface area (TPSA) is 81.1 Å². The molecule has 1 aliphatic carbocycles. The lowest BCUT2D eigenvalue weighted by molar-refractivity contribution is -0.120. The second kappa shape index (κ2) is 1.52. The lowest BCUT2D eigenvalue weighted by Gasteiger charge is -2.10. The van der Waals surface area contributed by atoms with Crippen LogP contribution in [0.15, 0.2) is 0 Å². The van der Waals surface area contributed by atoms with Gasteiger partial charge in [-0.15, -0.1) is 0 Å². The van der Waals surface area contributed by atoms with Crippen molar-refractivity contribution < 1.29 is 4.79 Å². The standard InChI is InChI=1S/C6H11N3O/c7-5(10)6(8)3-1-9-2-4(3)6/h3-4,9H,1-2,8H2,(H2,7,10)/t3-,4+,6?. The summed E-state index contributed by atoms with van der Waals surface area (Å²) in [6.45, 7) is 1.70. The van der Waals surface area contributed by atoms with Crippen LogP contribution in [0, 0.1) is 11.8 Å². The third-order valence-corrected chi connectivity index (χ3v) is 2.76. The quantitative estimate of drug-likeness (QED) is 0.396. The number of carbonyl (C=O) groups excluding carboxylic acids is 1. The van der Waals surface area contributed by atoms with Crippen LogP contribution in [0.4, 0.5) is 0 Å². The smallest absolute Gasteiger partial charge is 0.238 e. The highest BCUT2D eigenvalue weighted by Crippen LogP contribution is 2.50. The molecule has 4 nitrogen and oxygen atoms in total. The molecule has 2 rings (SSSR count). The molecule has 3 atom stereocenters. The Morgan fingerprint density at radius 2 is 2.00 bits per heavy atom. The van der Waals surface area contributed by atoms with Crippen molar-refractivity contribution in [1.29, 1.82) is 0 Å². The van der Waals surface area contributed by atoms with E-state index in [0.717, 1.165) is 13.1 Å². The van der Waals surface area contributed by atoms with Gasteiger partial charge in [0.15, 0.2) is 0 Å². The lowest BCUT2D eigenvalue weighted by atomic mass is 10.1. The van der Waals surface area contributed by atoms with Gasteiger partial charge < -0.3 is 16.8 Å². The maximum atomic E-state index is 10.8. The van der Waals surface area contributed by atoms with Crippen molar-refractivity contribution >= 4 is 5.91 Å². The van der Waals surface area contributed by atoms with Crippen molar-refractivity contribution in [3.05, 3.63) is 0 Å². The average Bonchev–Trinajstić information content (AvgIpc) is 2.28. The molecule has 1 heterocycles. The summed E-state index contributed by atoms with van der Waals surface area (Å²) in [7, 11) is 0. The highest BCUT2D eigenvalue weighted by molar-refractivity contribution is 5.89. The van der Waals surface area contributed by atoms with E-state index in [0.29, 0.717) is 11.8 Å². The molecule has 0 spiro atoms. The predicted octanol–water partition coefficient (Wildman–Crippen LogP) is -1.98. The highest BCUT2D eigenvalue weighted by Gasteiger charge is 2.67. The Kier molecular flexibility index (Phi) is 0.928. The minimum Gasteiger partial charge on any atom is -0.368 e. The third kappa shape index (κ3) is 0.468. The van der Waals surface area contributed by atoms with Crippen molar-refractivity contribution in [2.45, 2.75) is 5.54 Å².